The zero-order valence-corrected chi connectivity index (χ0v) is 9.77. The van der Waals surface area contributed by atoms with Crippen LogP contribution in [-0.2, 0) is 4.74 Å². The lowest BCUT2D eigenvalue weighted by atomic mass is 9.80. The molecule has 0 aliphatic heterocycles. The molecule has 0 unspecified atom stereocenters. The summed E-state index contributed by atoms with van der Waals surface area (Å²) >= 11 is 0. The van der Waals surface area contributed by atoms with E-state index in [1.807, 2.05) is 0 Å². The molecule has 0 saturated heterocycles. The number of aromatic nitrogens is 2. The molecule has 1 amide bonds. The number of rotatable bonds is 5. The van der Waals surface area contributed by atoms with Crippen LogP contribution in [0.15, 0.2) is 12.4 Å². The Hall–Kier alpha value is -1.69. The van der Waals surface area contributed by atoms with Gasteiger partial charge in [-0.05, 0) is 19.3 Å². The first-order valence-corrected chi connectivity index (χ1v) is 5.56. The molecule has 1 aromatic rings. The van der Waals surface area contributed by atoms with Gasteiger partial charge in [-0.3, -0.25) is 9.78 Å². The number of nitrogens with zero attached hydrogens (tertiary/aromatic N) is 2. The summed E-state index contributed by atoms with van der Waals surface area (Å²) in [7, 11) is 1.71. The Morgan fingerprint density at radius 3 is 2.88 bits per heavy atom. The lowest BCUT2D eigenvalue weighted by molar-refractivity contribution is -0.0601. The summed E-state index contributed by atoms with van der Waals surface area (Å²) in [5, 5.41) is 3.13. The van der Waals surface area contributed by atoms with Crippen LogP contribution in [0.2, 0.25) is 0 Å². The second kappa shape index (κ2) is 4.67. The van der Waals surface area contributed by atoms with Gasteiger partial charge < -0.3 is 15.8 Å². The van der Waals surface area contributed by atoms with Gasteiger partial charge in [-0.25, -0.2) is 4.98 Å². The maximum atomic E-state index is 10.9. The number of ether oxygens (including phenoxy) is 1. The normalized spacial score (nSPS) is 17.2. The zero-order valence-electron chi connectivity index (χ0n) is 9.77. The third-order valence-corrected chi connectivity index (χ3v) is 3.18. The molecule has 1 heterocycles. The number of carbonyl (C=O) groups excluding carboxylic acids is 1. The van der Waals surface area contributed by atoms with Crippen molar-refractivity contribution in [3.05, 3.63) is 18.1 Å². The summed E-state index contributed by atoms with van der Waals surface area (Å²) in [5.41, 5.74) is 5.20. The van der Waals surface area contributed by atoms with Crippen molar-refractivity contribution in [3.8, 4) is 0 Å². The van der Waals surface area contributed by atoms with Crippen molar-refractivity contribution >= 4 is 11.7 Å². The number of amides is 1. The first-order chi connectivity index (χ1) is 8.15. The molecular formula is C11H16N4O2. The van der Waals surface area contributed by atoms with Gasteiger partial charge in [0.1, 0.15) is 11.5 Å². The van der Waals surface area contributed by atoms with E-state index in [9.17, 15) is 4.79 Å². The Morgan fingerprint density at radius 1 is 1.59 bits per heavy atom. The van der Waals surface area contributed by atoms with Crippen LogP contribution in [0.1, 0.15) is 29.8 Å². The van der Waals surface area contributed by atoms with Crippen molar-refractivity contribution in [2.45, 2.75) is 24.9 Å². The third kappa shape index (κ3) is 2.52. The van der Waals surface area contributed by atoms with Crippen molar-refractivity contribution in [2.24, 2.45) is 5.73 Å². The molecular weight excluding hydrogens is 220 g/mol. The van der Waals surface area contributed by atoms with Gasteiger partial charge in [0.2, 0.25) is 0 Å². The topological polar surface area (TPSA) is 90.1 Å². The van der Waals surface area contributed by atoms with E-state index in [0.29, 0.717) is 12.4 Å². The fourth-order valence-corrected chi connectivity index (χ4v) is 1.85. The summed E-state index contributed by atoms with van der Waals surface area (Å²) in [5.74, 6) is -0.0316. The highest BCUT2D eigenvalue weighted by atomic mass is 16.5. The predicted molar refractivity (Wildman–Crippen MR) is 62.6 cm³/mol. The van der Waals surface area contributed by atoms with Crippen molar-refractivity contribution in [1.82, 2.24) is 9.97 Å². The minimum atomic E-state index is -0.578. The van der Waals surface area contributed by atoms with Gasteiger partial charge in [-0.2, -0.15) is 0 Å². The Labute approximate surface area is 99.6 Å². The van der Waals surface area contributed by atoms with Crippen molar-refractivity contribution < 1.29 is 9.53 Å². The maximum Gasteiger partial charge on any atom is 0.268 e. The second-order valence-corrected chi connectivity index (χ2v) is 4.25. The second-order valence-electron chi connectivity index (χ2n) is 4.25. The first-order valence-electron chi connectivity index (χ1n) is 5.56. The molecule has 0 aromatic carbocycles. The lowest BCUT2D eigenvalue weighted by Gasteiger charge is -2.40. The number of primary amides is 1. The molecule has 2 rings (SSSR count). The number of nitrogens with two attached hydrogens (primary N) is 1. The smallest absolute Gasteiger partial charge is 0.268 e. The van der Waals surface area contributed by atoms with Crippen LogP contribution in [0.5, 0.6) is 0 Å². The molecule has 1 aliphatic carbocycles. The molecule has 1 aliphatic rings. The number of hydrogen-bond donors (Lipinski definition) is 2. The summed E-state index contributed by atoms with van der Waals surface area (Å²) < 4.78 is 5.47. The number of carbonyl (C=O) groups is 1. The molecule has 1 saturated carbocycles. The van der Waals surface area contributed by atoms with E-state index in [4.69, 9.17) is 10.5 Å². The summed E-state index contributed by atoms with van der Waals surface area (Å²) in [6.45, 7) is 0.667. The first kappa shape index (κ1) is 11.8. The summed E-state index contributed by atoms with van der Waals surface area (Å²) in [6, 6.07) is 0. The Bertz CT molecular complexity index is 412. The van der Waals surface area contributed by atoms with E-state index in [-0.39, 0.29) is 11.3 Å². The van der Waals surface area contributed by atoms with E-state index in [0.717, 1.165) is 12.8 Å². The quantitative estimate of drug-likeness (QED) is 0.779. The number of nitrogens with one attached hydrogen (secondary N) is 1. The van der Waals surface area contributed by atoms with Gasteiger partial charge in [0.25, 0.3) is 5.91 Å². The fraction of sp³-hybridized carbons (Fsp3) is 0.545. The third-order valence-electron chi connectivity index (χ3n) is 3.18. The maximum absolute atomic E-state index is 10.9. The molecule has 1 aromatic heterocycles. The molecule has 0 atom stereocenters. The monoisotopic (exact) mass is 236 g/mol. The Balaban J connectivity index is 1.99. The number of hydrogen-bond acceptors (Lipinski definition) is 5. The zero-order chi connectivity index (χ0) is 12.3. The van der Waals surface area contributed by atoms with Crippen LogP contribution < -0.4 is 11.1 Å². The fourth-order valence-electron chi connectivity index (χ4n) is 1.85. The van der Waals surface area contributed by atoms with Crippen LogP contribution in [-0.4, -0.2) is 35.1 Å². The molecule has 0 spiro atoms. The van der Waals surface area contributed by atoms with Crippen LogP contribution in [0, 0.1) is 0 Å². The number of anilines is 1. The van der Waals surface area contributed by atoms with E-state index < -0.39 is 5.91 Å². The predicted octanol–water partition coefficient (Wildman–Crippen LogP) is 0.556. The van der Waals surface area contributed by atoms with E-state index in [2.05, 4.69) is 15.3 Å². The highest BCUT2D eigenvalue weighted by Gasteiger charge is 2.36. The Morgan fingerprint density at radius 2 is 2.35 bits per heavy atom. The van der Waals surface area contributed by atoms with Crippen molar-refractivity contribution in [2.75, 3.05) is 19.0 Å². The summed E-state index contributed by atoms with van der Waals surface area (Å²) in [4.78, 5) is 18.9. The summed E-state index contributed by atoms with van der Waals surface area (Å²) in [6.07, 6.45) is 6.18. The molecule has 92 valence electrons. The minimum Gasteiger partial charge on any atom is -0.376 e. The standard InChI is InChI=1S/C11H16N4O2/c1-17-11(3-2-4-11)7-14-9-6-13-5-8(15-9)10(12)16/h5-6H,2-4,7H2,1H3,(H2,12,16)(H,14,15). The van der Waals surface area contributed by atoms with Gasteiger partial charge in [0, 0.05) is 13.7 Å². The van der Waals surface area contributed by atoms with Crippen molar-refractivity contribution in [3.63, 3.8) is 0 Å². The largest absolute Gasteiger partial charge is 0.376 e. The Kier molecular flexibility index (Phi) is 3.23. The van der Waals surface area contributed by atoms with Crippen LogP contribution in [0.25, 0.3) is 0 Å². The molecule has 17 heavy (non-hydrogen) atoms. The van der Waals surface area contributed by atoms with Gasteiger partial charge in [0.15, 0.2) is 0 Å². The van der Waals surface area contributed by atoms with E-state index in [1.54, 1.807) is 13.3 Å². The number of methoxy groups -OCH3 is 1. The average Bonchev–Trinajstić information content (AvgIpc) is 2.28. The average molecular weight is 236 g/mol. The highest BCUT2D eigenvalue weighted by molar-refractivity contribution is 5.90. The van der Waals surface area contributed by atoms with Gasteiger partial charge in [-0.15, -0.1) is 0 Å². The molecule has 0 bridgehead atoms. The van der Waals surface area contributed by atoms with Gasteiger partial charge in [0.05, 0.1) is 18.0 Å². The molecule has 6 nitrogen and oxygen atoms in total. The van der Waals surface area contributed by atoms with Gasteiger partial charge in [-0.1, -0.05) is 0 Å². The van der Waals surface area contributed by atoms with E-state index in [1.165, 1.54) is 12.6 Å². The van der Waals surface area contributed by atoms with Crippen LogP contribution >= 0.6 is 0 Å². The molecule has 0 radical (unpaired) electrons. The lowest BCUT2D eigenvalue weighted by Crippen LogP contribution is -2.45. The highest BCUT2D eigenvalue weighted by Crippen LogP contribution is 2.34. The molecule has 6 heteroatoms. The minimum absolute atomic E-state index is 0.0928. The van der Waals surface area contributed by atoms with Crippen LogP contribution in [0.3, 0.4) is 0 Å². The van der Waals surface area contributed by atoms with Gasteiger partial charge >= 0.3 is 0 Å². The van der Waals surface area contributed by atoms with Crippen molar-refractivity contribution in [1.29, 1.82) is 0 Å². The van der Waals surface area contributed by atoms with E-state index >= 15 is 0 Å². The SMILES string of the molecule is COC1(CNc2cncc(C(N)=O)n2)CCC1. The molecule has 1 fully saturated rings. The molecule has 3 N–H and O–H groups in total. The van der Waals surface area contributed by atoms with Crippen LogP contribution in [0.4, 0.5) is 5.82 Å².